The van der Waals surface area contributed by atoms with E-state index in [1.807, 2.05) is 13.8 Å². The first kappa shape index (κ1) is 14.0. The summed E-state index contributed by atoms with van der Waals surface area (Å²) in [6.07, 6.45) is 1.25. The van der Waals surface area contributed by atoms with E-state index < -0.39 is 0 Å². The van der Waals surface area contributed by atoms with Crippen LogP contribution in [0.25, 0.3) is 0 Å². The molecular weight excluding hydrogens is 208 g/mol. The largest absolute Gasteiger partial charge is 0.394 e. The van der Waals surface area contributed by atoms with Crippen molar-refractivity contribution in [1.82, 2.24) is 0 Å². The van der Waals surface area contributed by atoms with E-state index in [1.54, 1.807) is 0 Å². The first-order valence-corrected chi connectivity index (χ1v) is 5.25. The van der Waals surface area contributed by atoms with E-state index in [4.69, 9.17) is 9.84 Å². The molecule has 0 aromatic rings. The van der Waals surface area contributed by atoms with E-state index in [0.717, 1.165) is 11.8 Å². The van der Waals surface area contributed by atoms with Gasteiger partial charge in [0.15, 0.2) is 0 Å². The summed E-state index contributed by atoms with van der Waals surface area (Å²) >= 11 is 3.30. The first-order chi connectivity index (χ1) is 5.35. The molecule has 0 amide bonds. The van der Waals surface area contributed by atoms with Crippen LogP contribution in [0.15, 0.2) is 0 Å². The van der Waals surface area contributed by atoms with Gasteiger partial charge in [-0.15, -0.1) is 0 Å². The van der Waals surface area contributed by atoms with Crippen molar-refractivity contribution >= 4 is 15.9 Å². The van der Waals surface area contributed by atoms with Gasteiger partial charge in [-0.25, -0.2) is 0 Å². The standard InChI is InChI=1S/C6H13BrO2.C2H6/c1-2-6(5-7)9-4-3-8;1-2/h6,8H,2-5H2,1H3;1-2H3. The lowest BCUT2D eigenvalue weighted by molar-refractivity contribution is 0.0406. The summed E-state index contributed by atoms with van der Waals surface area (Å²) < 4.78 is 5.19. The van der Waals surface area contributed by atoms with E-state index >= 15 is 0 Å². The Morgan fingerprint density at radius 2 is 2.00 bits per heavy atom. The molecule has 0 saturated heterocycles. The Labute approximate surface area is 78.1 Å². The van der Waals surface area contributed by atoms with Gasteiger partial charge in [-0.05, 0) is 6.42 Å². The smallest absolute Gasteiger partial charge is 0.0701 e. The van der Waals surface area contributed by atoms with Gasteiger partial charge in [0.05, 0.1) is 19.3 Å². The van der Waals surface area contributed by atoms with Gasteiger partial charge in [0.25, 0.3) is 0 Å². The van der Waals surface area contributed by atoms with Crippen molar-refractivity contribution in [3.8, 4) is 0 Å². The fourth-order valence-corrected chi connectivity index (χ4v) is 1.14. The van der Waals surface area contributed by atoms with E-state index in [0.29, 0.717) is 6.61 Å². The molecule has 0 aromatic heterocycles. The Bertz CT molecular complexity index is 56.1. The SMILES string of the molecule is CC.CCC(CBr)OCCO. The predicted molar refractivity (Wildman–Crippen MR) is 52.3 cm³/mol. The van der Waals surface area contributed by atoms with E-state index in [9.17, 15) is 0 Å². The summed E-state index contributed by atoms with van der Waals surface area (Å²) in [4.78, 5) is 0. The van der Waals surface area contributed by atoms with E-state index in [1.165, 1.54) is 0 Å². The number of hydrogen-bond acceptors (Lipinski definition) is 2. The Morgan fingerprint density at radius 3 is 2.27 bits per heavy atom. The Morgan fingerprint density at radius 1 is 1.45 bits per heavy atom. The van der Waals surface area contributed by atoms with Crippen LogP contribution in [-0.2, 0) is 4.74 Å². The molecule has 0 bridgehead atoms. The minimum absolute atomic E-state index is 0.115. The number of aliphatic hydroxyl groups is 1. The fourth-order valence-electron chi connectivity index (χ4n) is 0.491. The molecule has 1 N–H and O–H groups in total. The van der Waals surface area contributed by atoms with Gasteiger partial charge in [-0.3, -0.25) is 0 Å². The highest BCUT2D eigenvalue weighted by Gasteiger charge is 2.01. The van der Waals surface area contributed by atoms with Crippen molar-refractivity contribution in [3.63, 3.8) is 0 Å². The number of alkyl halides is 1. The molecule has 0 aliphatic rings. The zero-order valence-corrected chi connectivity index (χ0v) is 9.23. The van der Waals surface area contributed by atoms with Crippen molar-refractivity contribution in [3.05, 3.63) is 0 Å². The highest BCUT2D eigenvalue weighted by atomic mass is 79.9. The van der Waals surface area contributed by atoms with Crippen LogP contribution >= 0.6 is 15.9 Å². The number of aliphatic hydroxyl groups excluding tert-OH is 1. The second-order valence-corrected chi connectivity index (χ2v) is 2.43. The number of rotatable bonds is 5. The topological polar surface area (TPSA) is 29.5 Å². The predicted octanol–water partition coefficient (Wildman–Crippen LogP) is 2.20. The molecule has 0 radical (unpaired) electrons. The summed E-state index contributed by atoms with van der Waals surface area (Å²) in [6, 6.07) is 0. The van der Waals surface area contributed by atoms with E-state index in [2.05, 4.69) is 22.9 Å². The molecule has 1 atom stereocenters. The fraction of sp³-hybridized carbons (Fsp3) is 1.00. The number of hydrogen-bond donors (Lipinski definition) is 1. The second-order valence-electron chi connectivity index (χ2n) is 1.78. The quantitative estimate of drug-likeness (QED) is 0.729. The van der Waals surface area contributed by atoms with Crippen LogP contribution < -0.4 is 0 Å². The normalized spacial score (nSPS) is 11.7. The van der Waals surface area contributed by atoms with Gasteiger partial charge in [0.1, 0.15) is 0 Å². The van der Waals surface area contributed by atoms with Gasteiger partial charge in [-0.1, -0.05) is 36.7 Å². The van der Waals surface area contributed by atoms with E-state index in [-0.39, 0.29) is 12.7 Å². The second kappa shape index (κ2) is 13.0. The minimum Gasteiger partial charge on any atom is -0.394 e. The molecule has 0 rings (SSSR count). The monoisotopic (exact) mass is 226 g/mol. The average Bonchev–Trinajstić information content (AvgIpc) is 2.10. The molecule has 3 heteroatoms. The molecular formula is C8H19BrO2. The summed E-state index contributed by atoms with van der Waals surface area (Å²) in [5, 5.41) is 9.22. The van der Waals surface area contributed by atoms with Crippen molar-refractivity contribution in [2.45, 2.75) is 33.3 Å². The number of ether oxygens (including phenoxy) is 1. The Balaban J connectivity index is 0. The van der Waals surface area contributed by atoms with Crippen molar-refractivity contribution < 1.29 is 9.84 Å². The maximum Gasteiger partial charge on any atom is 0.0701 e. The molecule has 11 heavy (non-hydrogen) atoms. The van der Waals surface area contributed by atoms with Crippen molar-refractivity contribution in [1.29, 1.82) is 0 Å². The van der Waals surface area contributed by atoms with Crippen molar-refractivity contribution in [2.75, 3.05) is 18.5 Å². The zero-order chi connectivity index (χ0) is 9.11. The third kappa shape index (κ3) is 10.4. The zero-order valence-electron chi connectivity index (χ0n) is 7.64. The average molecular weight is 227 g/mol. The summed E-state index contributed by atoms with van der Waals surface area (Å²) in [5.41, 5.74) is 0. The lowest BCUT2D eigenvalue weighted by atomic mass is 10.3. The molecule has 0 aliphatic heterocycles. The maximum absolute atomic E-state index is 8.37. The van der Waals surface area contributed by atoms with Crippen LogP contribution in [0.4, 0.5) is 0 Å². The van der Waals surface area contributed by atoms with Crippen LogP contribution in [0.2, 0.25) is 0 Å². The molecule has 0 aromatic carbocycles. The molecule has 2 nitrogen and oxygen atoms in total. The van der Waals surface area contributed by atoms with Crippen LogP contribution in [0, 0.1) is 0 Å². The third-order valence-corrected chi connectivity index (χ3v) is 1.79. The molecule has 0 spiro atoms. The third-order valence-electron chi connectivity index (χ3n) is 1.07. The van der Waals surface area contributed by atoms with Gasteiger partial charge >= 0.3 is 0 Å². The Hall–Kier alpha value is 0.400. The van der Waals surface area contributed by atoms with Crippen LogP contribution in [0.1, 0.15) is 27.2 Å². The minimum atomic E-state index is 0.115. The maximum atomic E-state index is 8.37. The highest BCUT2D eigenvalue weighted by molar-refractivity contribution is 9.09. The van der Waals surface area contributed by atoms with Gasteiger partial charge in [0.2, 0.25) is 0 Å². The first-order valence-electron chi connectivity index (χ1n) is 4.13. The molecule has 70 valence electrons. The van der Waals surface area contributed by atoms with Gasteiger partial charge in [-0.2, -0.15) is 0 Å². The summed E-state index contributed by atoms with van der Waals surface area (Å²) in [6.45, 7) is 6.62. The molecule has 0 aliphatic carbocycles. The van der Waals surface area contributed by atoms with Crippen LogP contribution in [-0.4, -0.2) is 29.8 Å². The molecule has 0 fully saturated rings. The lowest BCUT2D eigenvalue weighted by Crippen LogP contribution is -2.15. The number of halogens is 1. The van der Waals surface area contributed by atoms with Crippen molar-refractivity contribution in [2.24, 2.45) is 0 Å². The molecule has 0 saturated carbocycles. The summed E-state index contributed by atoms with van der Waals surface area (Å²) in [7, 11) is 0. The van der Waals surface area contributed by atoms with Gasteiger partial charge in [0, 0.05) is 5.33 Å². The highest BCUT2D eigenvalue weighted by Crippen LogP contribution is 2.00. The van der Waals surface area contributed by atoms with Crippen LogP contribution in [0.3, 0.4) is 0 Å². The molecule has 1 unspecified atom stereocenters. The van der Waals surface area contributed by atoms with Gasteiger partial charge < -0.3 is 9.84 Å². The summed E-state index contributed by atoms with van der Waals surface area (Å²) in [5.74, 6) is 0. The lowest BCUT2D eigenvalue weighted by Gasteiger charge is -2.10. The Kier molecular flexibility index (Phi) is 16.5. The van der Waals surface area contributed by atoms with Crippen LogP contribution in [0.5, 0.6) is 0 Å². The molecule has 0 heterocycles.